The van der Waals surface area contributed by atoms with E-state index in [-0.39, 0.29) is 21.3 Å². The molecule has 0 aliphatic heterocycles. The number of hydrogen-bond acceptors (Lipinski definition) is 5. The van der Waals surface area contributed by atoms with Gasteiger partial charge in [-0.15, -0.1) is 11.3 Å². The largest absolute Gasteiger partial charge is 0.279 e. The van der Waals surface area contributed by atoms with Crippen molar-refractivity contribution in [2.45, 2.75) is 11.8 Å². The first-order chi connectivity index (χ1) is 10.4. The monoisotopic (exact) mass is 355 g/mol. The lowest BCUT2D eigenvalue weighted by molar-refractivity contribution is 0.598. The van der Waals surface area contributed by atoms with Crippen molar-refractivity contribution >= 4 is 43.6 Å². The van der Waals surface area contributed by atoms with Crippen LogP contribution in [-0.4, -0.2) is 17.8 Å². The molecule has 0 amide bonds. The number of hydrogen-bond donors (Lipinski definition) is 1. The molecule has 0 radical (unpaired) electrons. The average Bonchev–Trinajstić information content (AvgIpc) is 2.89. The Kier molecular flexibility index (Phi) is 3.67. The molecule has 0 saturated heterocycles. The highest BCUT2D eigenvalue weighted by Crippen LogP contribution is 2.24. The van der Waals surface area contributed by atoms with Crippen molar-refractivity contribution in [3.63, 3.8) is 0 Å². The summed E-state index contributed by atoms with van der Waals surface area (Å²) in [5.74, 6) is 0. The minimum atomic E-state index is -4.09. The lowest BCUT2D eigenvalue weighted by Gasteiger charge is -2.10. The van der Waals surface area contributed by atoms with Crippen LogP contribution in [0.5, 0.6) is 0 Å². The Bertz CT molecular complexity index is 1020. The van der Waals surface area contributed by atoms with Gasteiger partial charge in [-0.05, 0) is 19.1 Å². The lowest BCUT2D eigenvalue weighted by Crippen LogP contribution is -2.27. The van der Waals surface area contributed by atoms with Gasteiger partial charge in [-0.2, -0.15) is 0 Å². The molecule has 114 valence electrons. The molecule has 0 unspecified atom stereocenters. The number of nitrogens with one attached hydrogen (secondary N) is 1. The van der Waals surface area contributed by atoms with E-state index < -0.39 is 15.6 Å². The summed E-state index contributed by atoms with van der Waals surface area (Å²) in [5.41, 5.74) is -0.284. The Labute approximate surface area is 135 Å². The molecule has 2 heterocycles. The summed E-state index contributed by atoms with van der Waals surface area (Å²) in [5, 5.41) is 1.91. The predicted octanol–water partition coefficient (Wildman–Crippen LogP) is 2.52. The minimum Gasteiger partial charge on any atom is -0.278 e. The Morgan fingerprint density at radius 3 is 2.77 bits per heavy atom. The number of halogens is 1. The molecule has 1 aromatic carbocycles. The van der Waals surface area contributed by atoms with Crippen molar-refractivity contribution in [3.8, 4) is 0 Å². The van der Waals surface area contributed by atoms with Crippen LogP contribution >= 0.6 is 22.9 Å². The van der Waals surface area contributed by atoms with Crippen LogP contribution in [0.15, 0.2) is 45.5 Å². The summed E-state index contributed by atoms with van der Waals surface area (Å²) in [6.45, 7) is 1.49. The maximum absolute atomic E-state index is 12.5. The van der Waals surface area contributed by atoms with Gasteiger partial charge in [-0.3, -0.25) is 13.9 Å². The summed E-state index contributed by atoms with van der Waals surface area (Å²) in [6.07, 6.45) is 1.49. The molecule has 0 saturated carbocycles. The highest BCUT2D eigenvalue weighted by atomic mass is 35.5. The third-order valence-corrected chi connectivity index (χ3v) is 5.56. The first-order valence-electron chi connectivity index (χ1n) is 6.14. The molecular weight excluding hydrogens is 346 g/mol. The summed E-state index contributed by atoms with van der Waals surface area (Å²) in [7, 11) is -4.09. The molecule has 1 N–H and O–H groups in total. The minimum absolute atomic E-state index is 0.145. The topological polar surface area (TPSA) is 80.5 Å². The third-order valence-electron chi connectivity index (χ3n) is 2.98. The van der Waals surface area contributed by atoms with E-state index in [9.17, 15) is 13.2 Å². The number of sulfonamides is 1. The number of thiazole rings is 1. The molecule has 2 aromatic heterocycles. The number of para-hydroxylation sites is 1. The molecule has 6 nitrogen and oxygen atoms in total. The molecule has 0 spiro atoms. The van der Waals surface area contributed by atoms with Crippen LogP contribution in [0.2, 0.25) is 5.02 Å². The Hall–Kier alpha value is -1.90. The number of nitrogens with zero attached hydrogens (tertiary/aromatic N) is 2. The fourth-order valence-corrected chi connectivity index (χ4v) is 4.34. The number of anilines is 1. The Balaban J connectivity index is 2.18. The normalized spacial score (nSPS) is 11.7. The standard InChI is InChI=1S/C13H10ClN3O3S2/c1-8-11(12(18)17-6-7-21-13(17)15-8)22(19,20)16-10-5-3-2-4-9(10)14/h2-7,16H,1H3. The molecule has 22 heavy (non-hydrogen) atoms. The third kappa shape index (κ3) is 2.49. The van der Waals surface area contributed by atoms with Crippen LogP contribution in [0.3, 0.4) is 0 Å². The van der Waals surface area contributed by atoms with Crippen molar-refractivity contribution in [2.75, 3.05) is 4.72 Å². The molecule has 0 aliphatic rings. The fraction of sp³-hybridized carbons (Fsp3) is 0.0769. The average molecular weight is 356 g/mol. The second-order valence-electron chi connectivity index (χ2n) is 4.47. The predicted molar refractivity (Wildman–Crippen MR) is 86.3 cm³/mol. The zero-order chi connectivity index (χ0) is 15.9. The molecule has 0 atom stereocenters. The van der Waals surface area contributed by atoms with Gasteiger partial charge in [-0.25, -0.2) is 13.4 Å². The van der Waals surface area contributed by atoms with E-state index in [1.165, 1.54) is 34.9 Å². The Morgan fingerprint density at radius 2 is 2.05 bits per heavy atom. The van der Waals surface area contributed by atoms with Gasteiger partial charge in [-0.1, -0.05) is 23.7 Å². The number of benzene rings is 1. The summed E-state index contributed by atoms with van der Waals surface area (Å²) in [4.78, 5) is 16.6. The van der Waals surface area contributed by atoms with E-state index in [2.05, 4.69) is 9.71 Å². The summed E-state index contributed by atoms with van der Waals surface area (Å²) >= 11 is 7.21. The van der Waals surface area contributed by atoms with Crippen molar-refractivity contribution < 1.29 is 8.42 Å². The van der Waals surface area contributed by atoms with Crippen molar-refractivity contribution in [1.82, 2.24) is 9.38 Å². The number of fused-ring (bicyclic) bond motifs is 1. The highest BCUT2D eigenvalue weighted by molar-refractivity contribution is 7.92. The van der Waals surface area contributed by atoms with Gasteiger partial charge in [0.2, 0.25) is 0 Å². The van der Waals surface area contributed by atoms with Crippen LogP contribution in [0.1, 0.15) is 5.69 Å². The van der Waals surface area contributed by atoms with E-state index >= 15 is 0 Å². The van der Waals surface area contributed by atoms with Crippen LogP contribution in [0, 0.1) is 6.92 Å². The first-order valence-corrected chi connectivity index (χ1v) is 8.88. The zero-order valence-corrected chi connectivity index (χ0v) is 13.7. The molecule has 0 fully saturated rings. The molecule has 3 aromatic rings. The quantitative estimate of drug-likeness (QED) is 0.782. The van der Waals surface area contributed by atoms with Crippen molar-refractivity contribution in [2.24, 2.45) is 0 Å². The van der Waals surface area contributed by atoms with E-state index in [1.807, 2.05) is 0 Å². The molecular formula is C13H10ClN3O3S2. The van der Waals surface area contributed by atoms with E-state index in [1.54, 1.807) is 23.6 Å². The fourth-order valence-electron chi connectivity index (χ4n) is 2.02. The van der Waals surface area contributed by atoms with E-state index in [0.717, 1.165) is 0 Å². The smallest absolute Gasteiger partial charge is 0.278 e. The second-order valence-corrected chi connectivity index (χ2v) is 7.37. The Morgan fingerprint density at radius 1 is 1.32 bits per heavy atom. The summed E-state index contributed by atoms with van der Waals surface area (Å²) < 4.78 is 28.6. The second kappa shape index (κ2) is 5.38. The summed E-state index contributed by atoms with van der Waals surface area (Å²) in [6, 6.07) is 6.39. The number of aryl methyl sites for hydroxylation is 1. The van der Waals surface area contributed by atoms with Gasteiger partial charge >= 0.3 is 0 Å². The van der Waals surface area contributed by atoms with Crippen molar-refractivity contribution in [1.29, 1.82) is 0 Å². The molecule has 0 aliphatic carbocycles. The molecule has 0 bridgehead atoms. The molecule has 3 rings (SSSR count). The maximum Gasteiger partial charge on any atom is 0.279 e. The van der Waals surface area contributed by atoms with Crippen LogP contribution < -0.4 is 10.3 Å². The van der Waals surface area contributed by atoms with Gasteiger partial charge in [0.1, 0.15) is 0 Å². The lowest BCUT2D eigenvalue weighted by atomic mass is 10.3. The highest BCUT2D eigenvalue weighted by Gasteiger charge is 2.24. The zero-order valence-electron chi connectivity index (χ0n) is 11.3. The van der Waals surface area contributed by atoms with Crippen LogP contribution in [0.4, 0.5) is 5.69 Å². The van der Waals surface area contributed by atoms with Crippen LogP contribution in [-0.2, 0) is 10.0 Å². The van der Waals surface area contributed by atoms with E-state index in [0.29, 0.717) is 4.96 Å². The van der Waals surface area contributed by atoms with Gasteiger partial charge in [0, 0.05) is 11.6 Å². The molecule has 9 heteroatoms. The van der Waals surface area contributed by atoms with Gasteiger partial charge in [0.25, 0.3) is 15.6 Å². The SMILES string of the molecule is Cc1nc2sccn2c(=O)c1S(=O)(=O)Nc1ccccc1Cl. The number of aromatic nitrogens is 2. The van der Waals surface area contributed by atoms with Gasteiger partial charge in [0.05, 0.1) is 16.4 Å². The first kappa shape index (κ1) is 15.0. The maximum atomic E-state index is 12.5. The van der Waals surface area contributed by atoms with E-state index in [4.69, 9.17) is 11.6 Å². The van der Waals surface area contributed by atoms with Crippen LogP contribution in [0.25, 0.3) is 4.96 Å². The number of rotatable bonds is 3. The van der Waals surface area contributed by atoms with Gasteiger partial charge < -0.3 is 0 Å². The van der Waals surface area contributed by atoms with Crippen molar-refractivity contribution in [3.05, 3.63) is 56.9 Å². The van der Waals surface area contributed by atoms with Gasteiger partial charge in [0.15, 0.2) is 9.86 Å².